The Hall–Kier alpha value is -3.60. The van der Waals surface area contributed by atoms with Crippen LogP contribution in [0.1, 0.15) is 40.8 Å². The zero-order valence-electron chi connectivity index (χ0n) is 17.7. The smallest absolute Gasteiger partial charge is 0.290 e. The molecule has 1 fully saturated rings. The quantitative estimate of drug-likeness (QED) is 0.426. The molecule has 0 bridgehead atoms. The van der Waals surface area contributed by atoms with Crippen LogP contribution >= 0.6 is 0 Å². The Morgan fingerprint density at radius 2 is 1.87 bits per heavy atom. The number of carbonyl (C=O) groups is 1. The van der Waals surface area contributed by atoms with Gasteiger partial charge in [0, 0.05) is 17.6 Å². The molecule has 5 nitrogen and oxygen atoms in total. The fourth-order valence-corrected chi connectivity index (χ4v) is 4.36. The van der Waals surface area contributed by atoms with Gasteiger partial charge in [-0.2, -0.15) is 0 Å². The van der Waals surface area contributed by atoms with Gasteiger partial charge in [0.1, 0.15) is 11.3 Å². The van der Waals surface area contributed by atoms with E-state index in [0.717, 1.165) is 52.1 Å². The van der Waals surface area contributed by atoms with Crippen LogP contribution in [-0.4, -0.2) is 29.4 Å². The molecular formula is C26H24N2O3. The predicted molar refractivity (Wildman–Crippen MR) is 120 cm³/mol. The molecule has 2 aromatic carbocycles. The molecule has 5 rings (SSSR count). The molecule has 1 atom stereocenters. The number of rotatable bonds is 4. The number of pyridine rings is 1. The van der Waals surface area contributed by atoms with Gasteiger partial charge in [0.15, 0.2) is 5.76 Å². The van der Waals surface area contributed by atoms with E-state index in [1.165, 1.54) is 0 Å². The minimum Gasteiger partial charge on any atom is -0.497 e. The summed E-state index contributed by atoms with van der Waals surface area (Å²) in [6.45, 7) is 2.70. The number of amides is 1. The maximum atomic E-state index is 13.3. The summed E-state index contributed by atoms with van der Waals surface area (Å²) in [7, 11) is 1.66. The van der Waals surface area contributed by atoms with Gasteiger partial charge in [0.25, 0.3) is 5.91 Å². The number of methoxy groups -OCH3 is 1. The summed E-state index contributed by atoms with van der Waals surface area (Å²) in [6, 6.07) is 21.7. The van der Waals surface area contributed by atoms with E-state index in [0.29, 0.717) is 12.3 Å². The first kappa shape index (κ1) is 19.4. The van der Waals surface area contributed by atoms with Crippen LogP contribution in [0.2, 0.25) is 0 Å². The molecule has 1 amide bonds. The van der Waals surface area contributed by atoms with Crippen LogP contribution in [0.25, 0.3) is 22.1 Å². The van der Waals surface area contributed by atoms with Crippen molar-refractivity contribution >= 4 is 16.9 Å². The summed E-state index contributed by atoms with van der Waals surface area (Å²) >= 11 is 0. The number of benzene rings is 2. The fraction of sp³-hybridized carbons (Fsp3) is 0.231. The lowest BCUT2D eigenvalue weighted by Gasteiger charge is -2.24. The van der Waals surface area contributed by atoms with E-state index < -0.39 is 0 Å². The summed E-state index contributed by atoms with van der Waals surface area (Å²) in [5, 5.41) is 0.942. The molecule has 0 saturated carbocycles. The number of nitrogens with zero attached hydrogens (tertiary/aromatic N) is 2. The molecule has 5 heteroatoms. The summed E-state index contributed by atoms with van der Waals surface area (Å²) in [5.41, 5.74) is 4.78. The first-order valence-corrected chi connectivity index (χ1v) is 10.5. The molecule has 1 aliphatic heterocycles. The molecule has 1 saturated heterocycles. The van der Waals surface area contributed by atoms with Crippen molar-refractivity contribution in [3.8, 4) is 16.9 Å². The van der Waals surface area contributed by atoms with Crippen LogP contribution in [0.3, 0.4) is 0 Å². The number of para-hydroxylation sites is 1. The van der Waals surface area contributed by atoms with E-state index >= 15 is 0 Å². The Bertz CT molecular complexity index is 1210. The maximum absolute atomic E-state index is 13.3. The highest BCUT2D eigenvalue weighted by molar-refractivity contribution is 5.96. The molecule has 1 aliphatic rings. The average molecular weight is 412 g/mol. The lowest BCUT2D eigenvalue weighted by molar-refractivity contribution is 0.0703. The third kappa shape index (κ3) is 3.67. The highest BCUT2D eigenvalue weighted by atomic mass is 16.5. The number of aromatic nitrogens is 1. The first-order chi connectivity index (χ1) is 15.1. The van der Waals surface area contributed by atoms with E-state index in [1.54, 1.807) is 7.11 Å². The van der Waals surface area contributed by atoms with Crippen molar-refractivity contribution in [1.29, 1.82) is 0 Å². The molecule has 3 heterocycles. The minimum absolute atomic E-state index is 0.0578. The van der Waals surface area contributed by atoms with Crippen molar-refractivity contribution in [2.45, 2.75) is 25.8 Å². The molecule has 156 valence electrons. The van der Waals surface area contributed by atoms with E-state index in [1.807, 2.05) is 66.4 Å². The summed E-state index contributed by atoms with van der Waals surface area (Å²) in [4.78, 5) is 20.0. The van der Waals surface area contributed by atoms with Crippen molar-refractivity contribution in [1.82, 2.24) is 9.88 Å². The molecule has 31 heavy (non-hydrogen) atoms. The predicted octanol–water partition coefficient (Wildman–Crippen LogP) is 5.79. The fourth-order valence-electron chi connectivity index (χ4n) is 4.36. The van der Waals surface area contributed by atoms with Crippen molar-refractivity contribution < 1.29 is 13.9 Å². The zero-order chi connectivity index (χ0) is 21.4. The molecule has 2 aromatic heterocycles. The number of aryl methyl sites for hydroxylation is 1. The topological polar surface area (TPSA) is 55.6 Å². The number of hydrogen-bond acceptors (Lipinski definition) is 4. The standard InChI is InChI=1S/C26H24N2O3/c1-17-14-20(18-9-11-21(30-2)12-10-18)15-22(27-17)23-7-5-13-28(23)26(29)25-16-19-6-3-4-8-24(19)31-25/h3-4,6,8-12,14-16,23H,5,7,13H2,1-2H3/t23-/m0/s1. The maximum Gasteiger partial charge on any atom is 0.290 e. The van der Waals surface area contributed by atoms with E-state index in [2.05, 4.69) is 12.1 Å². The normalized spacial score (nSPS) is 16.1. The molecule has 4 aromatic rings. The van der Waals surface area contributed by atoms with Crippen molar-refractivity contribution in [2.75, 3.05) is 13.7 Å². The van der Waals surface area contributed by atoms with Crippen LogP contribution in [0.5, 0.6) is 5.75 Å². The van der Waals surface area contributed by atoms with Gasteiger partial charge in [0.05, 0.1) is 18.8 Å². The number of fused-ring (bicyclic) bond motifs is 1. The summed E-state index contributed by atoms with van der Waals surface area (Å²) in [5.74, 6) is 1.14. The van der Waals surface area contributed by atoms with Crippen molar-refractivity contribution in [2.24, 2.45) is 0 Å². The third-order valence-corrected chi connectivity index (χ3v) is 5.89. The Labute approximate surface area is 181 Å². The van der Waals surface area contributed by atoms with E-state index in [4.69, 9.17) is 14.1 Å². The minimum atomic E-state index is -0.0759. The van der Waals surface area contributed by atoms with Crippen LogP contribution < -0.4 is 4.74 Å². The largest absolute Gasteiger partial charge is 0.497 e. The van der Waals surface area contributed by atoms with E-state index in [9.17, 15) is 4.79 Å². The number of hydrogen-bond donors (Lipinski definition) is 0. The van der Waals surface area contributed by atoms with E-state index in [-0.39, 0.29) is 11.9 Å². The van der Waals surface area contributed by atoms with Gasteiger partial charge in [-0.1, -0.05) is 30.3 Å². The van der Waals surface area contributed by atoms with Gasteiger partial charge in [0.2, 0.25) is 0 Å². The average Bonchev–Trinajstić information content (AvgIpc) is 3.45. The van der Waals surface area contributed by atoms with Gasteiger partial charge in [-0.25, -0.2) is 0 Å². The number of ether oxygens (including phenoxy) is 1. The number of furan rings is 1. The van der Waals surface area contributed by atoms with Gasteiger partial charge in [-0.15, -0.1) is 0 Å². The highest BCUT2D eigenvalue weighted by Gasteiger charge is 2.33. The Kier molecular flexibility index (Phi) is 4.94. The first-order valence-electron chi connectivity index (χ1n) is 10.5. The lowest BCUT2D eigenvalue weighted by atomic mass is 10.0. The second-order valence-corrected chi connectivity index (χ2v) is 7.96. The van der Waals surface area contributed by atoms with Crippen LogP contribution in [0, 0.1) is 6.92 Å². The number of likely N-dealkylation sites (tertiary alicyclic amines) is 1. The number of carbonyl (C=O) groups excluding carboxylic acids is 1. The van der Waals surface area contributed by atoms with Crippen LogP contribution in [0.15, 0.2) is 71.1 Å². The second kappa shape index (κ2) is 7.91. The van der Waals surface area contributed by atoms with Crippen LogP contribution in [0.4, 0.5) is 0 Å². The lowest BCUT2D eigenvalue weighted by Crippen LogP contribution is -2.30. The van der Waals surface area contributed by atoms with Gasteiger partial charge in [-0.3, -0.25) is 9.78 Å². The summed E-state index contributed by atoms with van der Waals surface area (Å²) < 4.78 is 11.1. The molecule has 0 N–H and O–H groups in total. The van der Waals surface area contributed by atoms with Crippen molar-refractivity contribution in [3.63, 3.8) is 0 Å². The molecule has 0 unspecified atom stereocenters. The van der Waals surface area contributed by atoms with Gasteiger partial charge < -0.3 is 14.1 Å². The molecule has 0 aliphatic carbocycles. The highest BCUT2D eigenvalue weighted by Crippen LogP contribution is 2.35. The Morgan fingerprint density at radius 3 is 2.65 bits per heavy atom. The molecular weight excluding hydrogens is 388 g/mol. The van der Waals surface area contributed by atoms with Gasteiger partial charge >= 0.3 is 0 Å². The second-order valence-electron chi connectivity index (χ2n) is 7.96. The zero-order valence-corrected chi connectivity index (χ0v) is 17.7. The summed E-state index contributed by atoms with van der Waals surface area (Å²) in [6.07, 6.45) is 1.84. The third-order valence-electron chi connectivity index (χ3n) is 5.89. The molecule has 0 radical (unpaired) electrons. The van der Waals surface area contributed by atoms with Crippen molar-refractivity contribution in [3.05, 3.63) is 83.9 Å². The Balaban J connectivity index is 1.47. The molecule has 0 spiro atoms. The van der Waals surface area contributed by atoms with Gasteiger partial charge in [-0.05, 0) is 67.3 Å². The Morgan fingerprint density at radius 1 is 1.06 bits per heavy atom. The monoisotopic (exact) mass is 412 g/mol. The SMILES string of the molecule is COc1ccc(-c2cc(C)nc([C@@H]3CCCN3C(=O)c3cc4ccccc4o3)c2)cc1. The van der Waals surface area contributed by atoms with Crippen LogP contribution in [-0.2, 0) is 0 Å².